The van der Waals surface area contributed by atoms with Gasteiger partial charge in [-0.3, -0.25) is 14.2 Å². The van der Waals surface area contributed by atoms with Gasteiger partial charge in [0.2, 0.25) is 5.91 Å². The topological polar surface area (TPSA) is 77.4 Å². The van der Waals surface area contributed by atoms with Crippen LogP contribution in [0.1, 0.15) is 47.8 Å². The molecule has 3 rings (SSSR count). The second kappa shape index (κ2) is 8.95. The lowest BCUT2D eigenvalue weighted by atomic mass is 10.0. The number of ether oxygens (including phenoxy) is 1. The van der Waals surface area contributed by atoms with Crippen LogP contribution in [0.5, 0.6) is 0 Å². The van der Waals surface area contributed by atoms with E-state index in [2.05, 4.69) is 5.32 Å². The lowest BCUT2D eigenvalue weighted by Gasteiger charge is -2.22. The quantitative estimate of drug-likeness (QED) is 0.616. The summed E-state index contributed by atoms with van der Waals surface area (Å²) in [5, 5.41) is 3.82. The summed E-state index contributed by atoms with van der Waals surface area (Å²) in [5.41, 5.74) is 3.38. The number of esters is 1. The van der Waals surface area contributed by atoms with Crippen LogP contribution < -0.4 is 10.9 Å². The largest absolute Gasteiger partial charge is 0.462 e. The van der Waals surface area contributed by atoms with Crippen LogP contribution in [0.2, 0.25) is 0 Å². The molecule has 1 N–H and O–H groups in total. The maximum Gasteiger partial charge on any atom is 0.338 e. The Balaban J connectivity index is 1.95. The molecule has 1 unspecified atom stereocenters. The lowest BCUT2D eigenvalue weighted by molar-refractivity contribution is -0.119. The van der Waals surface area contributed by atoms with Crippen molar-refractivity contribution in [2.45, 2.75) is 40.2 Å². The SMILES string of the molecule is CCOC(=O)c1ccc(NC(=O)C(CC)n2c(=O)cc(C)c3cccc(C)c32)cc1. The van der Waals surface area contributed by atoms with Gasteiger partial charge in [0.25, 0.3) is 5.56 Å². The minimum atomic E-state index is -0.661. The van der Waals surface area contributed by atoms with Gasteiger partial charge in [0.05, 0.1) is 17.7 Å². The fourth-order valence-electron chi connectivity index (χ4n) is 3.66. The van der Waals surface area contributed by atoms with E-state index in [0.717, 1.165) is 22.0 Å². The average molecular weight is 406 g/mol. The number of benzene rings is 2. The minimum Gasteiger partial charge on any atom is -0.462 e. The highest BCUT2D eigenvalue weighted by Gasteiger charge is 2.23. The monoisotopic (exact) mass is 406 g/mol. The molecule has 1 atom stereocenters. The van der Waals surface area contributed by atoms with Gasteiger partial charge in [0.15, 0.2) is 0 Å². The van der Waals surface area contributed by atoms with E-state index in [1.807, 2.05) is 39.0 Å². The Kier molecular flexibility index (Phi) is 6.35. The standard InChI is InChI=1S/C24H26N2O4/c1-5-20(23(28)25-18-12-10-17(11-13-18)24(29)30-6-2)26-21(27)14-16(4)19-9-7-8-15(3)22(19)26/h7-14,20H,5-6H2,1-4H3,(H,25,28). The first-order chi connectivity index (χ1) is 14.4. The number of hydrogen-bond acceptors (Lipinski definition) is 4. The van der Waals surface area contributed by atoms with E-state index in [1.165, 1.54) is 0 Å². The molecule has 0 spiro atoms. The number of rotatable bonds is 6. The number of carbonyl (C=O) groups excluding carboxylic acids is 2. The molecule has 6 heteroatoms. The molecule has 0 saturated heterocycles. The van der Waals surface area contributed by atoms with Crippen LogP contribution in [0.3, 0.4) is 0 Å². The van der Waals surface area contributed by atoms with Crippen molar-refractivity contribution in [2.75, 3.05) is 11.9 Å². The number of carbonyl (C=O) groups is 2. The van der Waals surface area contributed by atoms with E-state index >= 15 is 0 Å². The van der Waals surface area contributed by atoms with Gasteiger partial charge < -0.3 is 10.1 Å². The zero-order chi connectivity index (χ0) is 21.8. The van der Waals surface area contributed by atoms with Crippen LogP contribution in [0.4, 0.5) is 5.69 Å². The second-order valence-electron chi connectivity index (χ2n) is 7.22. The Morgan fingerprint density at radius 1 is 1.03 bits per heavy atom. The first-order valence-corrected chi connectivity index (χ1v) is 10.1. The predicted molar refractivity (Wildman–Crippen MR) is 118 cm³/mol. The van der Waals surface area contributed by atoms with Crippen LogP contribution in [0, 0.1) is 13.8 Å². The molecule has 1 amide bonds. The molecule has 6 nitrogen and oxygen atoms in total. The highest BCUT2D eigenvalue weighted by molar-refractivity contribution is 5.96. The summed E-state index contributed by atoms with van der Waals surface area (Å²) in [4.78, 5) is 37.8. The number of nitrogens with zero attached hydrogens (tertiary/aromatic N) is 1. The van der Waals surface area contributed by atoms with Gasteiger partial charge in [0.1, 0.15) is 6.04 Å². The highest BCUT2D eigenvalue weighted by atomic mass is 16.5. The van der Waals surface area contributed by atoms with E-state index in [9.17, 15) is 14.4 Å². The van der Waals surface area contributed by atoms with E-state index < -0.39 is 12.0 Å². The van der Waals surface area contributed by atoms with Gasteiger partial charge in [0, 0.05) is 17.1 Å². The molecule has 2 aromatic carbocycles. The third kappa shape index (κ3) is 4.13. The molecule has 0 bridgehead atoms. The molecule has 3 aromatic rings. The van der Waals surface area contributed by atoms with Crippen LogP contribution in [-0.2, 0) is 9.53 Å². The van der Waals surface area contributed by atoms with Crippen molar-refractivity contribution in [2.24, 2.45) is 0 Å². The molecule has 0 saturated carbocycles. The summed E-state index contributed by atoms with van der Waals surface area (Å²) in [6.07, 6.45) is 0.457. The van der Waals surface area contributed by atoms with Crippen molar-refractivity contribution in [3.8, 4) is 0 Å². The van der Waals surface area contributed by atoms with E-state index in [1.54, 1.807) is 41.8 Å². The normalized spacial score (nSPS) is 11.9. The number of aromatic nitrogens is 1. The highest BCUT2D eigenvalue weighted by Crippen LogP contribution is 2.25. The smallest absolute Gasteiger partial charge is 0.338 e. The van der Waals surface area contributed by atoms with Gasteiger partial charge in [-0.25, -0.2) is 4.79 Å². The van der Waals surface area contributed by atoms with Crippen LogP contribution in [-0.4, -0.2) is 23.1 Å². The summed E-state index contributed by atoms with van der Waals surface area (Å²) in [6, 6.07) is 13.3. The number of nitrogens with one attached hydrogen (secondary N) is 1. The fraction of sp³-hybridized carbons (Fsp3) is 0.292. The molecule has 0 fully saturated rings. The zero-order valence-electron chi connectivity index (χ0n) is 17.7. The van der Waals surface area contributed by atoms with E-state index in [4.69, 9.17) is 4.74 Å². The van der Waals surface area contributed by atoms with Crippen molar-refractivity contribution in [1.29, 1.82) is 0 Å². The zero-order valence-corrected chi connectivity index (χ0v) is 17.7. The molecular weight excluding hydrogens is 380 g/mol. The third-order valence-electron chi connectivity index (χ3n) is 5.15. The van der Waals surface area contributed by atoms with Gasteiger partial charge >= 0.3 is 5.97 Å². The number of fused-ring (bicyclic) bond motifs is 1. The Bertz CT molecular complexity index is 1150. The first-order valence-electron chi connectivity index (χ1n) is 10.1. The third-order valence-corrected chi connectivity index (χ3v) is 5.15. The molecule has 30 heavy (non-hydrogen) atoms. The Morgan fingerprint density at radius 3 is 2.37 bits per heavy atom. The second-order valence-corrected chi connectivity index (χ2v) is 7.22. The molecule has 0 aliphatic carbocycles. The average Bonchev–Trinajstić information content (AvgIpc) is 2.72. The number of aryl methyl sites for hydroxylation is 2. The maximum absolute atomic E-state index is 13.1. The van der Waals surface area contributed by atoms with Gasteiger partial charge in [-0.05, 0) is 62.6 Å². The summed E-state index contributed by atoms with van der Waals surface area (Å²) < 4.78 is 6.56. The Morgan fingerprint density at radius 2 is 1.73 bits per heavy atom. The number of amides is 1. The van der Waals surface area contributed by atoms with E-state index in [0.29, 0.717) is 24.3 Å². The van der Waals surface area contributed by atoms with Gasteiger partial charge in [-0.2, -0.15) is 0 Å². The Labute approximate surface area is 175 Å². The molecule has 0 aliphatic rings. The Hall–Kier alpha value is -3.41. The molecule has 0 aliphatic heterocycles. The number of anilines is 1. The summed E-state index contributed by atoms with van der Waals surface area (Å²) in [6.45, 7) is 7.77. The fourth-order valence-corrected chi connectivity index (χ4v) is 3.66. The molecule has 0 radical (unpaired) electrons. The number of para-hydroxylation sites is 1. The van der Waals surface area contributed by atoms with E-state index in [-0.39, 0.29) is 11.5 Å². The molecule has 156 valence electrons. The number of hydrogen-bond donors (Lipinski definition) is 1. The number of pyridine rings is 1. The van der Waals surface area contributed by atoms with Crippen LogP contribution >= 0.6 is 0 Å². The lowest BCUT2D eigenvalue weighted by Crippen LogP contribution is -2.33. The predicted octanol–water partition coefficient (Wildman–Crippen LogP) is 4.38. The summed E-state index contributed by atoms with van der Waals surface area (Å²) >= 11 is 0. The molecular formula is C24H26N2O4. The van der Waals surface area contributed by atoms with Crippen molar-refractivity contribution in [3.05, 3.63) is 75.6 Å². The minimum absolute atomic E-state index is 0.200. The van der Waals surface area contributed by atoms with Gasteiger partial charge in [-0.15, -0.1) is 0 Å². The molecule has 1 aromatic heterocycles. The van der Waals surface area contributed by atoms with Crippen LogP contribution in [0.25, 0.3) is 10.9 Å². The molecule has 1 heterocycles. The van der Waals surface area contributed by atoms with Crippen molar-refractivity contribution >= 4 is 28.5 Å². The van der Waals surface area contributed by atoms with Crippen LogP contribution in [0.15, 0.2) is 53.3 Å². The van der Waals surface area contributed by atoms with Gasteiger partial charge in [-0.1, -0.05) is 25.1 Å². The van der Waals surface area contributed by atoms with Crippen molar-refractivity contribution in [1.82, 2.24) is 4.57 Å². The summed E-state index contributed by atoms with van der Waals surface area (Å²) in [5.74, 6) is -0.688. The van der Waals surface area contributed by atoms with Crippen molar-refractivity contribution in [3.63, 3.8) is 0 Å². The maximum atomic E-state index is 13.1. The van der Waals surface area contributed by atoms with Crippen molar-refractivity contribution < 1.29 is 14.3 Å². The first kappa shape index (κ1) is 21.3. The summed E-state index contributed by atoms with van der Waals surface area (Å²) in [7, 11) is 0.